The molecule has 0 aromatic carbocycles. The lowest BCUT2D eigenvalue weighted by Gasteiger charge is -2.16. The van der Waals surface area contributed by atoms with Crippen molar-refractivity contribution < 1.29 is 9.53 Å². The lowest BCUT2D eigenvalue weighted by Crippen LogP contribution is -2.38. The summed E-state index contributed by atoms with van der Waals surface area (Å²) in [6, 6.07) is -0.0463. The molecule has 1 saturated heterocycles. The quantitative estimate of drug-likeness (QED) is 0.577. The Balaban J connectivity index is 2.08. The van der Waals surface area contributed by atoms with Gasteiger partial charge in [-0.25, -0.2) is 0 Å². The Hall–Kier alpha value is -0.570. The Morgan fingerprint density at radius 3 is 2.67 bits per heavy atom. The maximum absolute atomic E-state index is 11.3. The fourth-order valence-electron chi connectivity index (χ4n) is 2.58. The van der Waals surface area contributed by atoms with Crippen LogP contribution in [0.15, 0.2) is 0 Å². The van der Waals surface area contributed by atoms with Crippen molar-refractivity contribution in [2.24, 2.45) is 17.3 Å². The van der Waals surface area contributed by atoms with Crippen LogP contribution in [-0.4, -0.2) is 25.7 Å². The van der Waals surface area contributed by atoms with Gasteiger partial charge in [-0.1, -0.05) is 13.8 Å². The summed E-state index contributed by atoms with van der Waals surface area (Å²) in [5.74, 6) is 1.08. The molecule has 2 fully saturated rings. The first kappa shape index (κ1) is 8.05. The predicted octanol–water partition coefficient (Wildman–Crippen LogP) is 0.403. The SMILES string of the molecule is COC(=O)[C@H]1NC[C@@H]2[C@H]1C2(C)C. The van der Waals surface area contributed by atoms with E-state index in [1.165, 1.54) is 7.11 Å². The van der Waals surface area contributed by atoms with Crippen LogP contribution in [0.2, 0.25) is 0 Å². The first-order valence-electron chi connectivity index (χ1n) is 4.40. The summed E-state index contributed by atoms with van der Waals surface area (Å²) in [5, 5.41) is 3.19. The van der Waals surface area contributed by atoms with E-state index in [1.54, 1.807) is 0 Å². The number of carbonyl (C=O) groups excluding carboxylic acids is 1. The van der Waals surface area contributed by atoms with Crippen molar-refractivity contribution in [1.82, 2.24) is 5.32 Å². The standard InChI is InChI=1S/C9H15NO2/c1-9(2)5-4-10-7(6(5)9)8(11)12-3/h5-7,10H,4H2,1-3H3/t5-,6-,7+/m1/s1. The van der Waals surface area contributed by atoms with E-state index in [1.807, 2.05) is 0 Å². The number of methoxy groups -OCH3 is 1. The highest BCUT2D eigenvalue weighted by Crippen LogP contribution is 2.62. The van der Waals surface area contributed by atoms with E-state index in [9.17, 15) is 4.79 Å². The number of esters is 1. The molecule has 2 aliphatic rings. The van der Waals surface area contributed by atoms with Crippen LogP contribution in [0, 0.1) is 17.3 Å². The van der Waals surface area contributed by atoms with Gasteiger partial charge in [-0.3, -0.25) is 4.79 Å². The Bertz CT molecular complexity index is 225. The molecule has 1 aliphatic carbocycles. The monoisotopic (exact) mass is 169 g/mol. The predicted molar refractivity (Wildman–Crippen MR) is 44.6 cm³/mol. The van der Waals surface area contributed by atoms with Crippen molar-refractivity contribution in [3.63, 3.8) is 0 Å². The van der Waals surface area contributed by atoms with Gasteiger partial charge in [0.1, 0.15) is 6.04 Å². The highest BCUT2D eigenvalue weighted by molar-refractivity contribution is 5.77. The average Bonchev–Trinajstić information content (AvgIpc) is 2.52. The second-order valence-corrected chi connectivity index (χ2v) is 4.36. The van der Waals surface area contributed by atoms with Crippen LogP contribution in [0.3, 0.4) is 0 Å². The van der Waals surface area contributed by atoms with E-state index in [-0.39, 0.29) is 12.0 Å². The molecule has 12 heavy (non-hydrogen) atoms. The van der Waals surface area contributed by atoms with Gasteiger partial charge in [0.25, 0.3) is 0 Å². The van der Waals surface area contributed by atoms with Crippen molar-refractivity contribution in [3.05, 3.63) is 0 Å². The van der Waals surface area contributed by atoms with Crippen molar-refractivity contribution in [2.45, 2.75) is 19.9 Å². The van der Waals surface area contributed by atoms with Gasteiger partial charge in [0, 0.05) is 0 Å². The summed E-state index contributed by atoms with van der Waals surface area (Å²) in [5.41, 5.74) is 0.351. The Morgan fingerprint density at radius 1 is 1.58 bits per heavy atom. The lowest BCUT2D eigenvalue weighted by molar-refractivity contribution is -0.143. The first-order chi connectivity index (χ1) is 5.59. The molecular formula is C9H15NO2. The van der Waals surface area contributed by atoms with E-state index < -0.39 is 0 Å². The van der Waals surface area contributed by atoms with Crippen LogP contribution in [0.4, 0.5) is 0 Å². The summed E-state index contributed by atoms with van der Waals surface area (Å²) in [6.07, 6.45) is 0. The number of ether oxygens (including phenoxy) is 1. The second-order valence-electron chi connectivity index (χ2n) is 4.36. The van der Waals surface area contributed by atoms with Crippen molar-refractivity contribution in [1.29, 1.82) is 0 Å². The smallest absolute Gasteiger partial charge is 0.323 e. The van der Waals surface area contributed by atoms with E-state index in [0.29, 0.717) is 17.3 Å². The lowest BCUT2D eigenvalue weighted by atomic mass is 10.0. The molecule has 0 aromatic heterocycles. The minimum Gasteiger partial charge on any atom is -0.468 e. The van der Waals surface area contributed by atoms with Crippen molar-refractivity contribution in [2.75, 3.05) is 13.7 Å². The molecule has 2 rings (SSSR count). The average molecular weight is 169 g/mol. The van der Waals surface area contributed by atoms with E-state index in [2.05, 4.69) is 19.2 Å². The Kier molecular flexibility index (Phi) is 1.49. The summed E-state index contributed by atoms with van der Waals surface area (Å²) in [6.45, 7) is 5.41. The van der Waals surface area contributed by atoms with Gasteiger partial charge >= 0.3 is 5.97 Å². The van der Waals surface area contributed by atoms with Crippen LogP contribution in [0.1, 0.15) is 13.8 Å². The topological polar surface area (TPSA) is 38.3 Å². The zero-order chi connectivity index (χ0) is 8.93. The molecule has 0 radical (unpaired) electrons. The van der Waals surface area contributed by atoms with Crippen LogP contribution < -0.4 is 5.32 Å². The van der Waals surface area contributed by atoms with Gasteiger partial charge in [-0.2, -0.15) is 0 Å². The number of fused-ring (bicyclic) bond motifs is 1. The van der Waals surface area contributed by atoms with Gasteiger partial charge in [-0.05, 0) is 23.8 Å². The summed E-state index contributed by atoms with van der Waals surface area (Å²) >= 11 is 0. The third-order valence-electron chi connectivity index (χ3n) is 3.51. The van der Waals surface area contributed by atoms with Crippen molar-refractivity contribution >= 4 is 5.97 Å². The minimum absolute atomic E-state index is 0.0463. The molecule has 0 amide bonds. The fourth-order valence-corrected chi connectivity index (χ4v) is 2.58. The Labute approximate surface area is 72.5 Å². The zero-order valence-corrected chi connectivity index (χ0v) is 7.76. The number of nitrogens with one attached hydrogen (secondary N) is 1. The molecule has 1 N–H and O–H groups in total. The minimum atomic E-state index is -0.104. The molecule has 3 nitrogen and oxygen atoms in total. The highest BCUT2D eigenvalue weighted by atomic mass is 16.5. The van der Waals surface area contributed by atoms with Gasteiger partial charge in [0.05, 0.1) is 7.11 Å². The molecule has 0 unspecified atom stereocenters. The van der Waals surface area contributed by atoms with Crippen LogP contribution in [0.5, 0.6) is 0 Å². The van der Waals surface area contributed by atoms with Gasteiger partial charge < -0.3 is 10.1 Å². The third kappa shape index (κ3) is 0.829. The first-order valence-corrected chi connectivity index (χ1v) is 4.40. The highest BCUT2D eigenvalue weighted by Gasteiger charge is 2.66. The molecular weight excluding hydrogens is 154 g/mol. The molecule has 1 saturated carbocycles. The molecule has 3 atom stereocenters. The van der Waals surface area contributed by atoms with E-state index >= 15 is 0 Å². The van der Waals surface area contributed by atoms with Crippen LogP contribution in [-0.2, 0) is 9.53 Å². The molecule has 3 heteroatoms. The van der Waals surface area contributed by atoms with Gasteiger partial charge in [-0.15, -0.1) is 0 Å². The van der Waals surface area contributed by atoms with Crippen LogP contribution >= 0.6 is 0 Å². The molecule has 0 aromatic rings. The van der Waals surface area contributed by atoms with Crippen molar-refractivity contribution in [3.8, 4) is 0 Å². The molecule has 1 heterocycles. The largest absolute Gasteiger partial charge is 0.468 e. The molecule has 68 valence electrons. The molecule has 0 spiro atoms. The maximum atomic E-state index is 11.3. The zero-order valence-electron chi connectivity index (χ0n) is 7.76. The van der Waals surface area contributed by atoms with E-state index in [0.717, 1.165) is 6.54 Å². The summed E-state index contributed by atoms with van der Waals surface area (Å²) < 4.78 is 4.72. The van der Waals surface area contributed by atoms with Gasteiger partial charge in [0.2, 0.25) is 0 Å². The third-order valence-corrected chi connectivity index (χ3v) is 3.51. The number of hydrogen-bond donors (Lipinski definition) is 1. The number of carbonyl (C=O) groups is 1. The number of rotatable bonds is 1. The van der Waals surface area contributed by atoms with Gasteiger partial charge in [0.15, 0.2) is 0 Å². The molecule has 1 aliphatic heterocycles. The normalized spacial score (nSPS) is 42.1. The Morgan fingerprint density at radius 2 is 2.25 bits per heavy atom. The van der Waals surface area contributed by atoms with E-state index in [4.69, 9.17) is 4.74 Å². The number of hydrogen-bond acceptors (Lipinski definition) is 3. The summed E-state index contributed by atoms with van der Waals surface area (Å²) in [4.78, 5) is 11.3. The molecule has 0 bridgehead atoms. The number of piperidine rings is 1. The maximum Gasteiger partial charge on any atom is 0.323 e. The fraction of sp³-hybridized carbons (Fsp3) is 0.889. The second kappa shape index (κ2) is 2.22. The van der Waals surface area contributed by atoms with Crippen LogP contribution in [0.25, 0.3) is 0 Å². The summed E-state index contributed by atoms with van der Waals surface area (Å²) in [7, 11) is 1.45.